The highest BCUT2D eigenvalue weighted by molar-refractivity contribution is 5.86. The lowest BCUT2D eigenvalue weighted by Gasteiger charge is -2.28. The van der Waals surface area contributed by atoms with Gasteiger partial charge in [-0.3, -0.25) is 28.8 Å². The number of ketones is 3. The maximum absolute atomic E-state index is 13.0. The summed E-state index contributed by atoms with van der Waals surface area (Å²) in [6.07, 6.45) is 24.9. The van der Waals surface area contributed by atoms with Crippen molar-refractivity contribution in [2.75, 3.05) is 33.0 Å². The smallest absolute Gasteiger partial charge is 0.306 e. The van der Waals surface area contributed by atoms with Gasteiger partial charge in [-0.1, -0.05) is 111 Å². The number of hydrogen-bond donors (Lipinski definition) is 3. The van der Waals surface area contributed by atoms with Crippen molar-refractivity contribution in [3.05, 3.63) is 0 Å². The maximum atomic E-state index is 13.0. The number of Topliss-reactive ketones (excluding diaryl/α,β-unsaturated/α-hetero) is 3. The fourth-order valence-corrected chi connectivity index (χ4v) is 7.32. The zero-order valence-electron chi connectivity index (χ0n) is 35.5. The number of carbonyl (C=O) groups excluding carboxylic acids is 4. The minimum atomic E-state index is -1.05. The first-order valence-electron chi connectivity index (χ1n) is 22.2. The lowest BCUT2D eigenvalue weighted by molar-refractivity contribution is -0.145. The largest absolute Gasteiger partial charge is 0.481 e. The van der Waals surface area contributed by atoms with E-state index >= 15 is 0 Å². The van der Waals surface area contributed by atoms with Crippen LogP contribution in [0.3, 0.4) is 0 Å². The number of carboxylic acids is 2. The Balaban J connectivity index is 2.02. The van der Waals surface area contributed by atoms with Gasteiger partial charge in [0.25, 0.3) is 0 Å². The van der Waals surface area contributed by atoms with Gasteiger partial charge >= 0.3 is 11.9 Å². The van der Waals surface area contributed by atoms with Crippen LogP contribution in [0.2, 0.25) is 0 Å². The molecule has 0 radical (unpaired) electrons. The number of nitrogens with one attached hydrogen (secondary N) is 1. The Bertz CT molecular complexity index is 1110. The van der Waals surface area contributed by atoms with Gasteiger partial charge in [0.05, 0.1) is 25.7 Å². The lowest BCUT2D eigenvalue weighted by atomic mass is 9.76. The molecule has 1 aliphatic rings. The summed E-state index contributed by atoms with van der Waals surface area (Å²) in [5.74, 6) is -2.28. The summed E-state index contributed by atoms with van der Waals surface area (Å²) in [6, 6.07) is 0. The van der Waals surface area contributed by atoms with Crippen molar-refractivity contribution in [3.63, 3.8) is 0 Å². The van der Waals surface area contributed by atoms with E-state index in [-0.39, 0.29) is 69.0 Å². The summed E-state index contributed by atoms with van der Waals surface area (Å²) in [6.45, 7) is 6.66. The van der Waals surface area contributed by atoms with Crippen LogP contribution in [0, 0.1) is 23.2 Å². The molecule has 0 aliphatic heterocycles. The fourth-order valence-electron chi connectivity index (χ4n) is 7.32. The van der Waals surface area contributed by atoms with Crippen LogP contribution >= 0.6 is 0 Å². The number of hydrogen-bond acceptors (Lipinski definition) is 8. The molecule has 56 heavy (non-hydrogen) atoms. The van der Waals surface area contributed by atoms with E-state index in [4.69, 9.17) is 14.6 Å². The van der Waals surface area contributed by atoms with Crippen molar-refractivity contribution in [2.45, 2.75) is 194 Å². The molecule has 0 saturated heterocycles. The van der Waals surface area contributed by atoms with Crippen LogP contribution in [0.15, 0.2) is 0 Å². The van der Waals surface area contributed by atoms with Gasteiger partial charge in [0, 0.05) is 50.0 Å². The highest BCUT2D eigenvalue weighted by Gasteiger charge is 2.30. The third-order valence-electron chi connectivity index (χ3n) is 11.3. The normalized spacial score (nSPS) is 16.3. The zero-order valence-corrected chi connectivity index (χ0v) is 35.5. The molecule has 3 N–H and O–H groups in total. The van der Waals surface area contributed by atoms with Gasteiger partial charge in [-0.05, 0) is 57.3 Å². The molecule has 1 fully saturated rings. The number of aliphatic carboxylic acids is 2. The van der Waals surface area contributed by atoms with Gasteiger partial charge in [0.1, 0.15) is 18.2 Å². The van der Waals surface area contributed by atoms with E-state index in [9.17, 15) is 33.9 Å². The second kappa shape index (κ2) is 32.3. The van der Waals surface area contributed by atoms with E-state index in [0.29, 0.717) is 37.6 Å². The van der Waals surface area contributed by atoms with Crippen LogP contribution in [-0.4, -0.2) is 78.4 Å². The number of carboxylic acid groups (broad SMARTS) is 2. The van der Waals surface area contributed by atoms with Gasteiger partial charge in [-0.25, -0.2) is 0 Å². The second-order valence-electron chi connectivity index (χ2n) is 17.3. The van der Waals surface area contributed by atoms with Crippen molar-refractivity contribution in [1.29, 1.82) is 0 Å². The average Bonchev–Trinajstić information content (AvgIpc) is 3.15. The fraction of sp³-hybridized carbons (Fsp3) is 0.867. The lowest BCUT2D eigenvalue weighted by Crippen LogP contribution is -2.30. The molecule has 0 unspecified atom stereocenters. The Morgan fingerprint density at radius 1 is 0.625 bits per heavy atom. The quantitative estimate of drug-likeness (QED) is 0.0514. The van der Waals surface area contributed by atoms with Gasteiger partial charge in [-0.15, -0.1) is 0 Å². The molecular weight excluding hydrogens is 714 g/mol. The van der Waals surface area contributed by atoms with Crippen LogP contribution in [-0.2, 0) is 38.2 Å². The molecule has 0 aromatic rings. The summed E-state index contributed by atoms with van der Waals surface area (Å²) in [5, 5.41) is 21.1. The van der Waals surface area contributed by atoms with Crippen LogP contribution in [0.4, 0.5) is 0 Å². The molecule has 324 valence electrons. The van der Waals surface area contributed by atoms with Crippen molar-refractivity contribution in [3.8, 4) is 0 Å². The zero-order chi connectivity index (χ0) is 41.4. The van der Waals surface area contributed by atoms with E-state index in [1.807, 2.05) is 20.8 Å². The number of rotatable bonds is 37. The van der Waals surface area contributed by atoms with Crippen molar-refractivity contribution >= 4 is 35.2 Å². The molecule has 1 rings (SSSR count). The average molecular weight is 794 g/mol. The third-order valence-corrected chi connectivity index (χ3v) is 11.3. The van der Waals surface area contributed by atoms with E-state index in [1.54, 1.807) is 0 Å². The van der Waals surface area contributed by atoms with Crippen molar-refractivity contribution in [1.82, 2.24) is 5.32 Å². The summed E-state index contributed by atoms with van der Waals surface area (Å²) in [5.41, 5.74) is -0.445. The molecule has 11 nitrogen and oxygen atoms in total. The van der Waals surface area contributed by atoms with Gasteiger partial charge in [0.2, 0.25) is 5.91 Å². The minimum Gasteiger partial charge on any atom is -0.481 e. The Morgan fingerprint density at radius 2 is 1.12 bits per heavy atom. The first kappa shape index (κ1) is 51.4. The summed E-state index contributed by atoms with van der Waals surface area (Å²) >= 11 is 0. The second-order valence-corrected chi connectivity index (χ2v) is 17.3. The summed E-state index contributed by atoms with van der Waals surface area (Å²) in [7, 11) is 0. The van der Waals surface area contributed by atoms with E-state index in [1.165, 1.54) is 70.6 Å². The molecule has 0 aromatic carbocycles. The predicted molar refractivity (Wildman–Crippen MR) is 220 cm³/mol. The van der Waals surface area contributed by atoms with Crippen LogP contribution in [0.25, 0.3) is 0 Å². The van der Waals surface area contributed by atoms with Gasteiger partial charge in [-0.2, -0.15) is 0 Å². The third kappa shape index (κ3) is 28.7. The number of carbonyl (C=O) groups is 6. The van der Waals surface area contributed by atoms with Gasteiger partial charge < -0.3 is 25.0 Å². The Hall–Kier alpha value is -2.66. The molecule has 1 saturated carbocycles. The molecule has 1 atom stereocenters. The van der Waals surface area contributed by atoms with E-state index in [0.717, 1.165) is 64.2 Å². The molecule has 0 spiro atoms. The molecule has 0 aromatic heterocycles. The Labute approximate surface area is 338 Å². The molecule has 11 heteroatoms. The van der Waals surface area contributed by atoms with Crippen molar-refractivity contribution in [2.24, 2.45) is 23.2 Å². The monoisotopic (exact) mass is 794 g/mol. The van der Waals surface area contributed by atoms with Crippen molar-refractivity contribution < 1.29 is 48.5 Å². The first-order valence-corrected chi connectivity index (χ1v) is 22.2. The number of unbranched alkanes of at least 4 members (excludes halogenated alkanes) is 15. The SMILES string of the molecule is CC(C)(C)C(=O)COCCOCCNC(=O)CC[C@H](CC(=O)C1CCC(CCC(=O)CCCCCCCCCCCCCCCCCCC(=O)O)CC1)C(=O)O. The van der Waals surface area contributed by atoms with Crippen LogP contribution in [0.5, 0.6) is 0 Å². The molecule has 1 amide bonds. The molecule has 0 heterocycles. The summed E-state index contributed by atoms with van der Waals surface area (Å²) < 4.78 is 10.7. The Kier molecular flexibility index (Phi) is 29.6. The maximum Gasteiger partial charge on any atom is 0.306 e. The first-order chi connectivity index (χ1) is 26.8. The van der Waals surface area contributed by atoms with Gasteiger partial charge in [0.15, 0.2) is 5.78 Å². The van der Waals surface area contributed by atoms with E-state index in [2.05, 4.69) is 5.32 Å². The number of amides is 1. The number of ether oxygens (including phenoxy) is 2. The van der Waals surface area contributed by atoms with Crippen LogP contribution in [0.1, 0.15) is 194 Å². The van der Waals surface area contributed by atoms with Crippen LogP contribution < -0.4 is 5.32 Å². The standard InChI is InChI=1S/C45H79NO10/c1-45(2,3)41(49)35-56-33-32-55-31-30-46-42(50)29-27-38(44(53)54)34-40(48)37-25-22-36(23-26-37)24-28-39(47)20-18-16-14-12-10-8-6-4-5-7-9-11-13-15-17-19-21-43(51)52/h36-38H,4-35H2,1-3H3,(H,46,50)(H,51,52)(H,53,54)/t36?,37?,38-/m1/s1. The topological polar surface area (TPSA) is 173 Å². The summed E-state index contributed by atoms with van der Waals surface area (Å²) in [4.78, 5) is 72.0. The predicted octanol–water partition coefficient (Wildman–Crippen LogP) is 9.45. The molecular formula is C45H79NO10. The molecule has 0 bridgehead atoms. The highest BCUT2D eigenvalue weighted by Crippen LogP contribution is 2.34. The van der Waals surface area contributed by atoms with E-state index < -0.39 is 23.3 Å². The molecule has 1 aliphatic carbocycles. The Morgan fingerprint density at radius 3 is 1.62 bits per heavy atom. The minimum absolute atomic E-state index is 0.0166. The highest BCUT2D eigenvalue weighted by atomic mass is 16.5.